The van der Waals surface area contributed by atoms with Crippen molar-refractivity contribution >= 4 is 55.0 Å². The highest BCUT2D eigenvalue weighted by molar-refractivity contribution is 6.35. The summed E-state index contributed by atoms with van der Waals surface area (Å²) < 4.78 is 2.20. The van der Waals surface area contributed by atoms with Crippen molar-refractivity contribution in [1.29, 1.82) is 0 Å². The summed E-state index contributed by atoms with van der Waals surface area (Å²) >= 11 is 6.51. The molecule has 4 nitrogen and oxygen atoms in total. The molecule has 5 heteroatoms. The Morgan fingerprint density at radius 3 is 1.73 bits per heavy atom. The highest BCUT2D eigenvalue weighted by Gasteiger charge is 2.21. The van der Waals surface area contributed by atoms with Crippen molar-refractivity contribution in [2.24, 2.45) is 0 Å². The Bertz CT molecular complexity index is 2160. The zero-order valence-corrected chi connectivity index (χ0v) is 22.0. The maximum absolute atomic E-state index is 6.51. The number of fused-ring (bicyclic) bond motifs is 8. The summed E-state index contributed by atoms with van der Waals surface area (Å²) in [5.41, 5.74) is 3.98. The molecule has 0 aliphatic heterocycles. The van der Waals surface area contributed by atoms with Crippen molar-refractivity contribution < 1.29 is 0 Å². The summed E-state index contributed by atoms with van der Waals surface area (Å²) in [5, 5.41) is 7.54. The van der Waals surface area contributed by atoms with E-state index in [0.717, 1.165) is 59.5 Å². The van der Waals surface area contributed by atoms with Crippen LogP contribution in [0.4, 0.5) is 0 Å². The van der Waals surface area contributed by atoms with Crippen LogP contribution in [0.3, 0.4) is 0 Å². The van der Waals surface area contributed by atoms with Crippen molar-refractivity contribution in [3.05, 3.63) is 132 Å². The molecule has 0 saturated heterocycles. The quantitative estimate of drug-likeness (QED) is 0.213. The molecule has 0 N–H and O–H groups in total. The molecule has 0 radical (unpaired) electrons. The third kappa shape index (κ3) is 3.50. The number of hydrogen-bond donors (Lipinski definition) is 0. The number of halogens is 1. The first-order valence-electron chi connectivity index (χ1n) is 13.2. The van der Waals surface area contributed by atoms with Gasteiger partial charge in [-0.1, -0.05) is 121 Å². The van der Waals surface area contributed by atoms with Crippen molar-refractivity contribution in [1.82, 2.24) is 19.5 Å². The zero-order valence-electron chi connectivity index (χ0n) is 21.3. The smallest absolute Gasteiger partial charge is 0.238 e. The van der Waals surface area contributed by atoms with Gasteiger partial charge in [-0.25, -0.2) is 4.98 Å². The average Bonchev–Trinajstić information content (AvgIpc) is 3.37. The van der Waals surface area contributed by atoms with Crippen molar-refractivity contribution in [3.8, 4) is 28.7 Å². The lowest BCUT2D eigenvalue weighted by atomic mass is 9.97. The maximum atomic E-state index is 6.51. The van der Waals surface area contributed by atoms with E-state index in [1.165, 1.54) is 0 Å². The zero-order chi connectivity index (χ0) is 26.6. The molecule has 0 amide bonds. The van der Waals surface area contributed by atoms with Crippen LogP contribution < -0.4 is 0 Å². The monoisotopic (exact) mass is 532 g/mol. The van der Waals surface area contributed by atoms with Crippen LogP contribution in [-0.2, 0) is 0 Å². The van der Waals surface area contributed by atoms with Crippen LogP contribution in [0, 0.1) is 0 Å². The molecule has 0 fully saturated rings. The van der Waals surface area contributed by atoms with Gasteiger partial charge in [-0.2, -0.15) is 9.97 Å². The van der Waals surface area contributed by atoms with Crippen molar-refractivity contribution in [3.63, 3.8) is 0 Å². The normalized spacial score (nSPS) is 11.6. The predicted octanol–water partition coefficient (Wildman–Crippen LogP) is 9.26. The standard InChI is InChI=1S/C35H21ClN4/c36-24-19-20-26-29(21-24)25-15-7-8-16-27(25)32-31(26)28-17-9-10-18-30(28)40(32)35-38-33(22-11-3-1-4-12-22)37-34(39-35)23-13-5-2-6-14-23/h1-21H. The fourth-order valence-corrected chi connectivity index (χ4v) is 5.93. The van der Waals surface area contributed by atoms with Crippen LogP contribution in [0.5, 0.6) is 0 Å². The van der Waals surface area contributed by atoms with Gasteiger partial charge < -0.3 is 0 Å². The molecule has 0 bridgehead atoms. The Labute approximate surface area is 235 Å². The van der Waals surface area contributed by atoms with Gasteiger partial charge in [0.15, 0.2) is 11.6 Å². The molecule has 0 spiro atoms. The van der Waals surface area contributed by atoms with Crippen LogP contribution in [0.15, 0.2) is 127 Å². The first-order valence-corrected chi connectivity index (χ1v) is 13.5. The summed E-state index contributed by atoms with van der Waals surface area (Å²) in [5.74, 6) is 1.84. The molecule has 0 aliphatic rings. The molecule has 188 valence electrons. The lowest BCUT2D eigenvalue weighted by molar-refractivity contribution is 0.955. The fourth-order valence-electron chi connectivity index (χ4n) is 5.75. The number of hydrogen-bond acceptors (Lipinski definition) is 3. The van der Waals surface area contributed by atoms with E-state index in [9.17, 15) is 0 Å². The first kappa shape index (κ1) is 22.9. The molecule has 0 saturated carbocycles. The second-order valence-corrected chi connectivity index (χ2v) is 10.3. The minimum Gasteiger partial charge on any atom is -0.277 e. The van der Waals surface area contributed by atoms with Gasteiger partial charge in [-0.3, -0.25) is 4.57 Å². The minimum atomic E-state index is 0.581. The van der Waals surface area contributed by atoms with Crippen molar-refractivity contribution in [2.75, 3.05) is 0 Å². The molecule has 8 rings (SSSR count). The topological polar surface area (TPSA) is 43.6 Å². The Hall–Kier alpha value is -5.06. The number of aromatic nitrogens is 4. The summed E-state index contributed by atoms with van der Waals surface area (Å²) in [6.45, 7) is 0. The van der Waals surface area contributed by atoms with E-state index < -0.39 is 0 Å². The van der Waals surface area contributed by atoms with E-state index in [4.69, 9.17) is 26.6 Å². The van der Waals surface area contributed by atoms with Crippen LogP contribution >= 0.6 is 11.6 Å². The minimum absolute atomic E-state index is 0.581. The number of benzene rings is 6. The SMILES string of the molecule is Clc1ccc2c(c1)c1ccccc1c1c2c2ccccc2n1-c1nc(-c2ccccc2)nc(-c2ccccc2)n1. The third-order valence-corrected chi connectivity index (χ3v) is 7.72. The summed E-state index contributed by atoms with van der Waals surface area (Å²) in [4.78, 5) is 15.1. The van der Waals surface area contributed by atoms with Crippen molar-refractivity contribution in [2.45, 2.75) is 0 Å². The Kier molecular flexibility index (Phi) is 5.15. The van der Waals surface area contributed by atoms with Crippen LogP contribution in [-0.4, -0.2) is 19.5 Å². The second-order valence-electron chi connectivity index (χ2n) is 9.83. The van der Waals surface area contributed by atoms with Gasteiger partial charge in [0.2, 0.25) is 5.95 Å². The lowest BCUT2D eigenvalue weighted by Crippen LogP contribution is -2.06. The molecule has 40 heavy (non-hydrogen) atoms. The molecule has 2 heterocycles. The molecule has 6 aromatic carbocycles. The van der Waals surface area contributed by atoms with E-state index in [2.05, 4.69) is 65.2 Å². The van der Waals surface area contributed by atoms with E-state index in [0.29, 0.717) is 17.6 Å². The predicted molar refractivity (Wildman–Crippen MR) is 165 cm³/mol. The molecular weight excluding hydrogens is 512 g/mol. The van der Waals surface area contributed by atoms with Gasteiger partial charge in [-0.05, 0) is 34.4 Å². The molecule has 8 aromatic rings. The van der Waals surface area contributed by atoms with E-state index >= 15 is 0 Å². The van der Waals surface area contributed by atoms with Crippen LogP contribution in [0.2, 0.25) is 5.02 Å². The molecule has 0 aliphatic carbocycles. The highest BCUT2D eigenvalue weighted by Crippen LogP contribution is 2.42. The average molecular weight is 533 g/mol. The molecule has 0 atom stereocenters. The second kappa shape index (κ2) is 9.01. The van der Waals surface area contributed by atoms with Gasteiger partial charge in [0, 0.05) is 32.3 Å². The Balaban J connectivity index is 1.57. The van der Waals surface area contributed by atoms with Gasteiger partial charge in [0.05, 0.1) is 11.0 Å². The lowest BCUT2D eigenvalue weighted by Gasteiger charge is -2.13. The number of para-hydroxylation sites is 1. The largest absolute Gasteiger partial charge is 0.277 e. The summed E-state index contributed by atoms with van der Waals surface area (Å²) in [6.07, 6.45) is 0. The first-order chi connectivity index (χ1) is 19.8. The van der Waals surface area contributed by atoms with Gasteiger partial charge >= 0.3 is 0 Å². The van der Waals surface area contributed by atoms with Crippen LogP contribution in [0.1, 0.15) is 0 Å². The van der Waals surface area contributed by atoms with E-state index in [1.54, 1.807) is 0 Å². The molecule has 0 unspecified atom stereocenters. The fraction of sp³-hybridized carbons (Fsp3) is 0. The van der Waals surface area contributed by atoms with E-state index in [1.807, 2.05) is 66.7 Å². The molecular formula is C35H21ClN4. The maximum Gasteiger partial charge on any atom is 0.238 e. The summed E-state index contributed by atoms with van der Waals surface area (Å²) in [6, 6.07) is 43.3. The Morgan fingerprint density at radius 1 is 0.475 bits per heavy atom. The van der Waals surface area contributed by atoms with Gasteiger partial charge in [0.1, 0.15) is 0 Å². The molecule has 2 aromatic heterocycles. The highest BCUT2D eigenvalue weighted by atomic mass is 35.5. The third-order valence-electron chi connectivity index (χ3n) is 7.49. The summed E-state index contributed by atoms with van der Waals surface area (Å²) in [7, 11) is 0. The van der Waals surface area contributed by atoms with Gasteiger partial charge in [0.25, 0.3) is 0 Å². The Morgan fingerprint density at radius 2 is 1.05 bits per heavy atom. The number of nitrogens with zero attached hydrogens (tertiary/aromatic N) is 4. The number of rotatable bonds is 3. The van der Waals surface area contributed by atoms with Gasteiger partial charge in [-0.15, -0.1) is 0 Å². The van der Waals surface area contributed by atoms with Crippen LogP contribution in [0.25, 0.3) is 72.1 Å². The van der Waals surface area contributed by atoms with E-state index in [-0.39, 0.29) is 0 Å².